The smallest absolute Gasteiger partial charge is 0.416 e. The van der Waals surface area contributed by atoms with Gasteiger partial charge >= 0.3 is 6.18 Å². The van der Waals surface area contributed by atoms with E-state index in [1.807, 2.05) is 0 Å². The fraction of sp³-hybridized carbons (Fsp3) is 0.462. The zero-order valence-corrected chi connectivity index (χ0v) is 23.6. The maximum Gasteiger partial charge on any atom is 0.416 e. The predicted octanol–water partition coefficient (Wildman–Crippen LogP) is 6.48. The van der Waals surface area contributed by atoms with Gasteiger partial charge in [-0.3, -0.25) is 9.59 Å². The number of hydrogen-bond donors (Lipinski definition) is 3. The first-order chi connectivity index (χ1) is 18.2. The lowest BCUT2D eigenvalue weighted by atomic mass is 9.90. The molecule has 2 aromatic heterocycles. The van der Waals surface area contributed by atoms with E-state index in [0.717, 1.165) is 28.2 Å². The molecule has 0 bridgehead atoms. The Morgan fingerprint density at radius 3 is 2.51 bits per heavy atom. The molecule has 0 aliphatic carbocycles. The van der Waals surface area contributed by atoms with Crippen LogP contribution in [-0.4, -0.2) is 21.8 Å². The van der Waals surface area contributed by atoms with Crippen molar-refractivity contribution in [2.75, 3.05) is 11.1 Å². The number of thioether (sulfide) groups is 1. The number of alkyl halides is 3. The average Bonchev–Trinajstić information content (AvgIpc) is 3.49. The third-order valence-electron chi connectivity index (χ3n) is 5.89. The van der Waals surface area contributed by atoms with Gasteiger partial charge in [-0.1, -0.05) is 44.9 Å². The molecule has 5 N–H and O–H groups in total. The van der Waals surface area contributed by atoms with Crippen LogP contribution in [0.15, 0.2) is 39.2 Å². The van der Waals surface area contributed by atoms with Crippen LogP contribution in [0.3, 0.4) is 0 Å². The third kappa shape index (κ3) is 8.99. The van der Waals surface area contributed by atoms with Crippen molar-refractivity contribution >= 4 is 45.7 Å². The van der Waals surface area contributed by atoms with Crippen molar-refractivity contribution < 1.29 is 27.2 Å². The summed E-state index contributed by atoms with van der Waals surface area (Å²) in [6.45, 7) is 6.16. The first-order valence-electron chi connectivity index (χ1n) is 12.3. The van der Waals surface area contributed by atoms with Crippen LogP contribution < -0.4 is 16.8 Å². The summed E-state index contributed by atoms with van der Waals surface area (Å²) < 4.78 is 46.0. The van der Waals surface area contributed by atoms with Crippen molar-refractivity contribution in [1.82, 2.24) is 9.97 Å². The third-order valence-corrected chi connectivity index (χ3v) is 7.98. The highest BCUT2D eigenvalue weighted by Crippen LogP contribution is 2.35. The van der Waals surface area contributed by atoms with Crippen LogP contribution in [0.2, 0.25) is 0 Å². The minimum atomic E-state index is -4.55. The number of aromatic nitrogens is 2. The van der Waals surface area contributed by atoms with Crippen molar-refractivity contribution in [2.45, 2.75) is 80.3 Å². The number of nitrogens with two attached hydrogens (primary N) is 2. The first-order valence-corrected chi connectivity index (χ1v) is 14.1. The average molecular weight is 584 g/mol. The van der Waals surface area contributed by atoms with Crippen molar-refractivity contribution in [3.05, 3.63) is 53.4 Å². The Labute approximate surface area is 233 Å². The minimum absolute atomic E-state index is 0.0741. The number of halogens is 3. The second kappa shape index (κ2) is 12.9. The van der Waals surface area contributed by atoms with Gasteiger partial charge in [-0.05, 0) is 36.6 Å². The van der Waals surface area contributed by atoms with Crippen LogP contribution in [-0.2, 0) is 26.9 Å². The Bertz CT molecular complexity index is 1280. The van der Waals surface area contributed by atoms with E-state index in [-0.39, 0.29) is 35.4 Å². The first kappa shape index (κ1) is 30.5. The Hall–Kier alpha value is -3.06. The molecule has 1 unspecified atom stereocenters. The van der Waals surface area contributed by atoms with Crippen molar-refractivity contribution in [3.63, 3.8) is 0 Å². The van der Waals surface area contributed by atoms with Gasteiger partial charge in [0, 0.05) is 17.5 Å². The molecule has 3 rings (SSSR count). The molecule has 0 saturated heterocycles. The number of thiazole rings is 1. The number of rotatable bonds is 12. The summed E-state index contributed by atoms with van der Waals surface area (Å²) in [6, 6.07) is 2.89. The quantitative estimate of drug-likeness (QED) is 0.126. The molecule has 212 valence electrons. The minimum Gasteiger partial charge on any atom is -0.444 e. The van der Waals surface area contributed by atoms with Gasteiger partial charge in [0.25, 0.3) is 0 Å². The Balaban J connectivity index is 1.42. The highest BCUT2D eigenvalue weighted by Gasteiger charge is 2.32. The zero-order valence-electron chi connectivity index (χ0n) is 21.9. The molecule has 13 heteroatoms. The van der Waals surface area contributed by atoms with E-state index in [4.69, 9.17) is 15.9 Å². The summed E-state index contributed by atoms with van der Waals surface area (Å²) in [7, 11) is 0. The molecule has 0 fully saturated rings. The second-order valence-corrected chi connectivity index (χ2v) is 12.4. The molecule has 0 aliphatic rings. The summed E-state index contributed by atoms with van der Waals surface area (Å²) >= 11 is 2.87. The molecule has 8 nitrogen and oxygen atoms in total. The van der Waals surface area contributed by atoms with Gasteiger partial charge in [-0.25, -0.2) is 9.97 Å². The number of anilines is 2. The van der Waals surface area contributed by atoms with Gasteiger partial charge in [-0.15, -0.1) is 11.8 Å². The summed E-state index contributed by atoms with van der Waals surface area (Å²) in [5, 5.41) is 3.26. The lowest BCUT2D eigenvalue weighted by molar-refractivity contribution is -0.137. The monoisotopic (exact) mass is 583 g/mol. The van der Waals surface area contributed by atoms with Crippen LogP contribution in [0, 0.1) is 0 Å². The molecular formula is C26H32F3N5O3S2. The Morgan fingerprint density at radius 1 is 1.13 bits per heavy atom. The maximum atomic E-state index is 13.1. The van der Waals surface area contributed by atoms with Crippen molar-refractivity contribution in [1.29, 1.82) is 0 Å². The number of carbonyl (C=O) groups excluding carboxylic acids is 2. The summed E-state index contributed by atoms with van der Waals surface area (Å²) in [5.74, 6) is 0.109. The number of hydrogen-bond acceptors (Lipinski definition) is 8. The van der Waals surface area contributed by atoms with E-state index in [1.165, 1.54) is 23.1 Å². The topological polar surface area (TPSA) is 137 Å². The zero-order chi connectivity index (χ0) is 28.8. The molecule has 0 spiro atoms. The number of nitrogen functional groups attached to an aromatic ring is 1. The van der Waals surface area contributed by atoms with Crippen LogP contribution in [0.5, 0.6) is 0 Å². The van der Waals surface area contributed by atoms with E-state index in [0.29, 0.717) is 36.0 Å². The van der Waals surface area contributed by atoms with Crippen LogP contribution in [0.4, 0.5) is 24.0 Å². The van der Waals surface area contributed by atoms with Gasteiger partial charge in [0.2, 0.25) is 17.7 Å². The Morgan fingerprint density at radius 2 is 1.87 bits per heavy atom. The van der Waals surface area contributed by atoms with E-state index in [1.54, 1.807) is 12.4 Å². The van der Waals surface area contributed by atoms with Crippen molar-refractivity contribution in [2.24, 2.45) is 5.73 Å². The van der Waals surface area contributed by atoms with Gasteiger partial charge in [-0.2, -0.15) is 13.2 Å². The molecule has 1 aromatic carbocycles. The predicted molar refractivity (Wildman–Crippen MR) is 146 cm³/mol. The summed E-state index contributed by atoms with van der Waals surface area (Å²) in [6.07, 6.45) is 0.946. The molecule has 2 amide bonds. The highest BCUT2D eigenvalue weighted by atomic mass is 32.2. The second-order valence-electron chi connectivity index (χ2n) is 10.1. The molecule has 39 heavy (non-hydrogen) atoms. The fourth-order valence-corrected chi connectivity index (χ4v) is 5.48. The molecule has 0 saturated carbocycles. The van der Waals surface area contributed by atoms with Gasteiger partial charge in [0.15, 0.2) is 5.13 Å². The summed E-state index contributed by atoms with van der Waals surface area (Å²) in [5.41, 5.74) is 10.5. The van der Waals surface area contributed by atoms with Crippen molar-refractivity contribution in [3.8, 4) is 0 Å². The summed E-state index contributed by atoms with van der Waals surface area (Å²) in [4.78, 5) is 32.8. The number of nitrogens with one attached hydrogen (secondary N) is 1. The number of benzene rings is 1. The SMILES string of the molecule is CC(C)(C)c1cnc(CSc2cnc(NC(=O)CCCCCC(C(N)=O)c3cc(C(F)(F)F)ccc3N)s2)o1. The number of amides is 2. The molecule has 2 heterocycles. The highest BCUT2D eigenvalue weighted by molar-refractivity contribution is 8.00. The number of primary amides is 1. The van der Waals surface area contributed by atoms with E-state index < -0.39 is 23.6 Å². The molecule has 3 aromatic rings. The lowest BCUT2D eigenvalue weighted by Gasteiger charge is -2.18. The normalized spacial score (nSPS) is 12.9. The number of nitrogens with zero attached hydrogens (tertiary/aromatic N) is 2. The van der Waals surface area contributed by atoms with Gasteiger partial charge in [0.05, 0.1) is 33.8 Å². The molecule has 0 aliphatic heterocycles. The fourth-order valence-electron chi connectivity index (χ4n) is 3.74. The lowest BCUT2D eigenvalue weighted by Crippen LogP contribution is -2.23. The number of carbonyl (C=O) groups is 2. The van der Waals surface area contributed by atoms with Crippen LogP contribution in [0.25, 0.3) is 0 Å². The number of oxazole rings is 1. The van der Waals surface area contributed by atoms with E-state index in [9.17, 15) is 22.8 Å². The molecular weight excluding hydrogens is 551 g/mol. The van der Waals surface area contributed by atoms with Gasteiger partial charge in [0.1, 0.15) is 5.76 Å². The molecule has 1 atom stereocenters. The standard InChI is InChI=1S/C26H32F3N5O3S2/c1-25(2,3)19-12-32-21(37-19)14-38-22-13-33-24(39-22)34-20(35)8-6-4-5-7-16(23(31)36)17-11-15(26(27,28)29)9-10-18(17)30/h9-13,16H,4-8,14,30H2,1-3H3,(H2,31,36)(H,33,34,35). The van der Waals surface area contributed by atoms with Crippen LogP contribution >= 0.6 is 23.1 Å². The molecule has 0 radical (unpaired) electrons. The van der Waals surface area contributed by atoms with Gasteiger partial charge < -0.3 is 21.2 Å². The largest absolute Gasteiger partial charge is 0.444 e. The maximum absolute atomic E-state index is 13.1. The van der Waals surface area contributed by atoms with E-state index in [2.05, 4.69) is 36.1 Å². The Kier molecular flexibility index (Phi) is 10.1. The van der Waals surface area contributed by atoms with E-state index >= 15 is 0 Å². The van der Waals surface area contributed by atoms with Crippen LogP contribution in [0.1, 0.15) is 81.6 Å². The number of unbranched alkanes of at least 4 members (excludes halogenated alkanes) is 2.